The number of Topliss-reactive ketones (excluding diaryl/α,β-unsaturated/α-hetero) is 2. The SMILES string of the molecule is CC(C)(C)n1[nH]c(-c2ccccc2)c(C2C(=O)C(=O)C2O)c1=O. The van der Waals surface area contributed by atoms with Gasteiger partial charge in [-0.3, -0.25) is 19.5 Å². The fourth-order valence-electron chi connectivity index (χ4n) is 2.82. The molecule has 0 bridgehead atoms. The molecule has 2 atom stereocenters. The van der Waals surface area contributed by atoms with Gasteiger partial charge in [-0.25, -0.2) is 4.68 Å². The number of carbonyl (C=O) groups is 2. The lowest BCUT2D eigenvalue weighted by molar-refractivity contribution is -0.154. The standard InChI is InChI=1S/C17H18N2O4/c1-17(2,3)19-16(23)10(11-13(20)15(22)14(11)21)12(18-19)9-7-5-4-6-8-9/h4-8,11,13,18,20H,1-3H3. The minimum absolute atomic E-state index is 0.156. The third kappa shape index (κ3) is 2.26. The van der Waals surface area contributed by atoms with Gasteiger partial charge in [0.05, 0.1) is 22.7 Å². The number of aromatic nitrogens is 2. The highest BCUT2D eigenvalue weighted by molar-refractivity contribution is 6.48. The summed E-state index contributed by atoms with van der Waals surface area (Å²) < 4.78 is 1.42. The molecule has 1 aliphatic rings. The van der Waals surface area contributed by atoms with Crippen LogP contribution in [0.1, 0.15) is 32.3 Å². The van der Waals surface area contributed by atoms with E-state index >= 15 is 0 Å². The van der Waals surface area contributed by atoms with Crippen molar-refractivity contribution in [2.24, 2.45) is 0 Å². The van der Waals surface area contributed by atoms with E-state index in [-0.39, 0.29) is 11.1 Å². The van der Waals surface area contributed by atoms with Crippen LogP contribution in [0.3, 0.4) is 0 Å². The van der Waals surface area contributed by atoms with Crippen molar-refractivity contribution in [3.05, 3.63) is 46.2 Å². The Morgan fingerprint density at radius 3 is 2.17 bits per heavy atom. The summed E-state index contributed by atoms with van der Waals surface area (Å²) in [5.74, 6) is -2.64. The van der Waals surface area contributed by atoms with Crippen LogP contribution in [-0.2, 0) is 15.1 Å². The molecule has 3 rings (SSSR count). The number of benzene rings is 1. The van der Waals surface area contributed by atoms with Gasteiger partial charge in [-0.05, 0) is 26.3 Å². The second kappa shape index (κ2) is 5.03. The van der Waals surface area contributed by atoms with Crippen molar-refractivity contribution >= 4 is 11.6 Å². The van der Waals surface area contributed by atoms with E-state index in [1.54, 1.807) is 12.1 Å². The molecule has 6 nitrogen and oxygen atoms in total. The Balaban J connectivity index is 2.25. The first kappa shape index (κ1) is 15.4. The molecule has 120 valence electrons. The number of carbonyl (C=O) groups excluding carboxylic acids is 2. The molecule has 0 amide bonds. The summed E-state index contributed by atoms with van der Waals surface area (Å²) in [6.45, 7) is 5.56. The Bertz CT molecular complexity index is 840. The third-order valence-corrected chi connectivity index (χ3v) is 4.08. The van der Waals surface area contributed by atoms with Crippen LogP contribution in [0.4, 0.5) is 0 Å². The molecule has 2 N–H and O–H groups in total. The van der Waals surface area contributed by atoms with Gasteiger partial charge in [0.1, 0.15) is 6.10 Å². The summed E-state index contributed by atoms with van der Waals surface area (Å²) in [4.78, 5) is 36.1. The summed E-state index contributed by atoms with van der Waals surface area (Å²) in [7, 11) is 0. The quantitative estimate of drug-likeness (QED) is 0.815. The van der Waals surface area contributed by atoms with E-state index in [1.807, 2.05) is 39.0 Å². The first-order valence-electron chi connectivity index (χ1n) is 7.40. The summed E-state index contributed by atoms with van der Waals surface area (Å²) >= 11 is 0. The average Bonchev–Trinajstić information content (AvgIpc) is 2.85. The predicted molar refractivity (Wildman–Crippen MR) is 84.2 cm³/mol. The van der Waals surface area contributed by atoms with Gasteiger partial charge >= 0.3 is 0 Å². The summed E-state index contributed by atoms with van der Waals surface area (Å²) in [5, 5.41) is 12.9. The minimum Gasteiger partial charge on any atom is -0.384 e. The first-order valence-corrected chi connectivity index (χ1v) is 7.40. The molecule has 1 aromatic carbocycles. The molecule has 1 aliphatic carbocycles. The molecule has 0 spiro atoms. The van der Waals surface area contributed by atoms with Crippen molar-refractivity contribution in [1.29, 1.82) is 0 Å². The van der Waals surface area contributed by atoms with Crippen LogP contribution in [0.2, 0.25) is 0 Å². The molecule has 1 aromatic heterocycles. The maximum atomic E-state index is 12.8. The Labute approximate surface area is 132 Å². The van der Waals surface area contributed by atoms with E-state index in [4.69, 9.17) is 0 Å². The largest absolute Gasteiger partial charge is 0.384 e. The van der Waals surface area contributed by atoms with E-state index < -0.39 is 29.1 Å². The zero-order valence-corrected chi connectivity index (χ0v) is 13.2. The summed E-state index contributed by atoms with van der Waals surface area (Å²) in [6, 6.07) is 9.08. The molecule has 1 saturated carbocycles. The summed E-state index contributed by atoms with van der Waals surface area (Å²) in [6.07, 6.45) is -1.44. The zero-order valence-electron chi connectivity index (χ0n) is 13.2. The topological polar surface area (TPSA) is 92.2 Å². The number of H-pyrrole nitrogens is 1. The van der Waals surface area contributed by atoms with Crippen molar-refractivity contribution in [1.82, 2.24) is 9.78 Å². The lowest BCUT2D eigenvalue weighted by Gasteiger charge is -2.28. The number of ketones is 2. The highest BCUT2D eigenvalue weighted by atomic mass is 16.3. The van der Waals surface area contributed by atoms with Crippen LogP contribution >= 0.6 is 0 Å². The van der Waals surface area contributed by atoms with Gasteiger partial charge in [0, 0.05) is 0 Å². The lowest BCUT2D eigenvalue weighted by Crippen LogP contribution is -2.52. The van der Waals surface area contributed by atoms with E-state index in [0.717, 1.165) is 5.56 Å². The van der Waals surface area contributed by atoms with Crippen LogP contribution < -0.4 is 5.56 Å². The number of aliphatic hydroxyl groups is 1. The van der Waals surface area contributed by atoms with Gasteiger partial charge in [-0.2, -0.15) is 0 Å². The molecule has 0 radical (unpaired) electrons. The predicted octanol–water partition coefficient (Wildman–Crippen LogP) is 1.19. The van der Waals surface area contributed by atoms with Crippen molar-refractivity contribution in [3.63, 3.8) is 0 Å². The maximum absolute atomic E-state index is 12.8. The highest BCUT2D eigenvalue weighted by Crippen LogP contribution is 2.35. The Morgan fingerprint density at radius 2 is 1.65 bits per heavy atom. The fourth-order valence-corrected chi connectivity index (χ4v) is 2.82. The van der Waals surface area contributed by atoms with Crippen molar-refractivity contribution < 1.29 is 14.7 Å². The van der Waals surface area contributed by atoms with Crippen molar-refractivity contribution in [2.45, 2.75) is 38.3 Å². The van der Waals surface area contributed by atoms with Crippen molar-refractivity contribution in [2.75, 3.05) is 0 Å². The average molecular weight is 314 g/mol. The Morgan fingerprint density at radius 1 is 1.04 bits per heavy atom. The number of aliphatic hydroxyl groups excluding tert-OH is 1. The number of hydrogen-bond donors (Lipinski definition) is 2. The Kier molecular flexibility index (Phi) is 3.37. The van der Waals surface area contributed by atoms with Gasteiger partial charge < -0.3 is 5.11 Å². The van der Waals surface area contributed by atoms with Gasteiger partial charge in [-0.15, -0.1) is 0 Å². The molecule has 2 unspecified atom stereocenters. The normalized spacial score (nSPS) is 21.4. The molecule has 2 aromatic rings. The molecule has 6 heteroatoms. The molecule has 1 fully saturated rings. The molecule has 23 heavy (non-hydrogen) atoms. The van der Waals surface area contributed by atoms with E-state index in [2.05, 4.69) is 5.10 Å². The monoisotopic (exact) mass is 314 g/mol. The highest BCUT2D eigenvalue weighted by Gasteiger charge is 2.52. The van der Waals surface area contributed by atoms with Crippen LogP contribution in [0.15, 0.2) is 35.1 Å². The summed E-state index contributed by atoms with van der Waals surface area (Å²) in [5.41, 5.74) is 0.433. The van der Waals surface area contributed by atoms with E-state index in [1.165, 1.54) is 4.68 Å². The second-order valence-electron chi connectivity index (χ2n) is 6.73. The molecular weight excluding hydrogens is 296 g/mol. The maximum Gasteiger partial charge on any atom is 0.271 e. The molecular formula is C17H18N2O4. The third-order valence-electron chi connectivity index (χ3n) is 4.08. The van der Waals surface area contributed by atoms with E-state index in [0.29, 0.717) is 5.69 Å². The number of rotatable bonds is 2. The number of nitrogens with zero attached hydrogens (tertiary/aromatic N) is 1. The minimum atomic E-state index is -1.44. The number of hydrogen-bond acceptors (Lipinski definition) is 4. The Hall–Kier alpha value is -2.47. The molecule has 1 heterocycles. The van der Waals surface area contributed by atoms with Crippen LogP contribution in [-0.4, -0.2) is 32.6 Å². The van der Waals surface area contributed by atoms with Crippen LogP contribution in [0.25, 0.3) is 11.3 Å². The second-order valence-corrected chi connectivity index (χ2v) is 6.73. The van der Waals surface area contributed by atoms with Gasteiger partial charge in [0.25, 0.3) is 5.56 Å². The van der Waals surface area contributed by atoms with Gasteiger partial charge in [-0.1, -0.05) is 30.3 Å². The first-order chi connectivity index (χ1) is 10.7. The number of aromatic amines is 1. The van der Waals surface area contributed by atoms with Crippen molar-refractivity contribution in [3.8, 4) is 11.3 Å². The smallest absolute Gasteiger partial charge is 0.271 e. The van der Waals surface area contributed by atoms with E-state index in [9.17, 15) is 19.5 Å². The number of nitrogens with one attached hydrogen (secondary N) is 1. The zero-order chi connectivity index (χ0) is 16.9. The van der Waals surface area contributed by atoms with Crippen LogP contribution in [0.5, 0.6) is 0 Å². The molecule has 0 saturated heterocycles. The molecule has 0 aliphatic heterocycles. The van der Waals surface area contributed by atoms with Crippen LogP contribution in [0, 0.1) is 0 Å². The fraction of sp³-hybridized carbons (Fsp3) is 0.353. The van der Waals surface area contributed by atoms with Gasteiger partial charge in [0.2, 0.25) is 11.6 Å². The van der Waals surface area contributed by atoms with Gasteiger partial charge in [0.15, 0.2) is 0 Å². The lowest BCUT2D eigenvalue weighted by atomic mass is 9.74.